The largest absolute Gasteiger partial charge is 0.462 e. The minimum absolute atomic E-state index is 0.221. The average molecular weight is 483 g/mol. The van der Waals surface area contributed by atoms with Crippen LogP contribution in [0, 0.1) is 34.5 Å². The molecule has 0 bridgehead atoms. The standard InChI is InChI=1S/C31H46O4/c1-19(2)9-8-10-20(3)26-13-14-27-25-12-11-23-17-24(34-21(4)32)18-29(35-22(5)33)31(23,7)28(25)15-16-30(26,27)6/h9,11-12,20,24,26-29H,8,10,13-18H2,1-7H3/t20-,24-,26-,27+,28+,29+,30-,31+/m1/s1. The van der Waals surface area contributed by atoms with E-state index >= 15 is 0 Å². The van der Waals surface area contributed by atoms with E-state index in [2.05, 4.69) is 52.8 Å². The Morgan fingerprint density at radius 1 is 1.03 bits per heavy atom. The minimum atomic E-state index is -0.267. The molecule has 4 heteroatoms. The van der Waals surface area contributed by atoms with Crippen molar-refractivity contribution in [1.29, 1.82) is 0 Å². The first-order valence-corrected chi connectivity index (χ1v) is 13.9. The van der Waals surface area contributed by atoms with Gasteiger partial charge in [0.05, 0.1) is 0 Å². The second kappa shape index (κ2) is 9.90. The minimum Gasteiger partial charge on any atom is -0.462 e. The van der Waals surface area contributed by atoms with Crippen LogP contribution in [0.25, 0.3) is 0 Å². The molecule has 3 fully saturated rings. The number of rotatable bonds is 6. The van der Waals surface area contributed by atoms with E-state index in [4.69, 9.17) is 9.47 Å². The number of esters is 2. The lowest BCUT2D eigenvalue weighted by Crippen LogP contribution is -2.54. The molecule has 4 aliphatic rings. The van der Waals surface area contributed by atoms with Gasteiger partial charge in [0.1, 0.15) is 12.2 Å². The molecule has 35 heavy (non-hydrogen) atoms. The predicted molar refractivity (Wildman–Crippen MR) is 139 cm³/mol. The van der Waals surface area contributed by atoms with Gasteiger partial charge >= 0.3 is 11.9 Å². The van der Waals surface area contributed by atoms with E-state index < -0.39 is 0 Å². The summed E-state index contributed by atoms with van der Waals surface area (Å²) < 4.78 is 11.6. The van der Waals surface area contributed by atoms with Crippen molar-refractivity contribution in [3.63, 3.8) is 0 Å². The fourth-order valence-corrected chi connectivity index (χ4v) is 8.51. The van der Waals surface area contributed by atoms with Crippen molar-refractivity contribution in [1.82, 2.24) is 0 Å². The van der Waals surface area contributed by atoms with E-state index in [0.29, 0.717) is 23.7 Å². The number of carbonyl (C=O) groups excluding carboxylic acids is 2. The van der Waals surface area contributed by atoms with Gasteiger partial charge in [0.2, 0.25) is 0 Å². The van der Waals surface area contributed by atoms with Gasteiger partial charge in [-0.1, -0.05) is 55.7 Å². The van der Waals surface area contributed by atoms with Crippen LogP contribution in [0.2, 0.25) is 0 Å². The molecule has 0 amide bonds. The molecule has 8 atom stereocenters. The van der Waals surface area contributed by atoms with E-state index in [-0.39, 0.29) is 29.6 Å². The van der Waals surface area contributed by atoms with Crippen LogP contribution < -0.4 is 0 Å². The van der Waals surface area contributed by atoms with Crippen molar-refractivity contribution < 1.29 is 19.1 Å². The molecular weight excluding hydrogens is 436 g/mol. The molecule has 0 unspecified atom stereocenters. The number of hydrogen-bond acceptors (Lipinski definition) is 4. The molecule has 0 aromatic carbocycles. The van der Waals surface area contributed by atoms with Crippen LogP contribution in [-0.2, 0) is 19.1 Å². The number of ether oxygens (including phenoxy) is 2. The number of hydrogen-bond donors (Lipinski definition) is 0. The molecule has 4 nitrogen and oxygen atoms in total. The Kier molecular flexibility index (Phi) is 7.42. The van der Waals surface area contributed by atoms with E-state index in [0.717, 1.165) is 24.7 Å². The van der Waals surface area contributed by atoms with Crippen molar-refractivity contribution in [3.05, 3.63) is 34.9 Å². The second-order valence-corrected chi connectivity index (χ2v) is 12.6. The molecule has 0 aromatic heterocycles. The summed E-state index contributed by atoms with van der Waals surface area (Å²) in [4.78, 5) is 23.8. The number of allylic oxidation sites excluding steroid dienone is 5. The molecule has 0 aromatic rings. The highest BCUT2D eigenvalue weighted by Gasteiger charge is 2.60. The van der Waals surface area contributed by atoms with E-state index in [9.17, 15) is 9.59 Å². The Bertz CT molecular complexity index is 938. The van der Waals surface area contributed by atoms with Gasteiger partial charge in [-0.25, -0.2) is 0 Å². The monoisotopic (exact) mass is 482 g/mol. The second-order valence-electron chi connectivity index (χ2n) is 12.6. The zero-order valence-electron chi connectivity index (χ0n) is 23.0. The average Bonchev–Trinajstić information content (AvgIpc) is 3.11. The van der Waals surface area contributed by atoms with Crippen molar-refractivity contribution in [2.24, 2.45) is 34.5 Å². The molecule has 0 radical (unpaired) electrons. The molecule has 0 aliphatic heterocycles. The van der Waals surface area contributed by atoms with E-state index in [1.807, 2.05) is 0 Å². The van der Waals surface area contributed by atoms with Crippen LogP contribution in [0.5, 0.6) is 0 Å². The summed E-state index contributed by atoms with van der Waals surface area (Å²) in [5.74, 6) is 1.98. The lowest BCUT2D eigenvalue weighted by atomic mass is 9.49. The number of fused-ring (bicyclic) bond motifs is 5. The molecule has 0 heterocycles. The Morgan fingerprint density at radius 3 is 2.40 bits per heavy atom. The Labute approximate surface area is 212 Å². The van der Waals surface area contributed by atoms with Crippen LogP contribution >= 0.6 is 0 Å². The van der Waals surface area contributed by atoms with Gasteiger partial charge in [0, 0.05) is 32.1 Å². The highest BCUT2D eigenvalue weighted by atomic mass is 16.6. The van der Waals surface area contributed by atoms with Crippen LogP contribution in [-0.4, -0.2) is 24.1 Å². The molecule has 0 spiro atoms. The van der Waals surface area contributed by atoms with Gasteiger partial charge < -0.3 is 9.47 Å². The first-order valence-electron chi connectivity index (χ1n) is 13.9. The molecule has 194 valence electrons. The van der Waals surface area contributed by atoms with Crippen molar-refractivity contribution in [2.75, 3.05) is 0 Å². The van der Waals surface area contributed by atoms with Crippen molar-refractivity contribution in [2.45, 2.75) is 112 Å². The third-order valence-corrected chi connectivity index (χ3v) is 10.2. The zero-order chi connectivity index (χ0) is 25.5. The van der Waals surface area contributed by atoms with Crippen LogP contribution in [0.1, 0.15) is 99.8 Å². The third kappa shape index (κ3) is 4.79. The predicted octanol–water partition coefficient (Wildman–Crippen LogP) is 7.34. The normalized spacial score (nSPS) is 38.7. The van der Waals surface area contributed by atoms with Gasteiger partial charge in [-0.3, -0.25) is 9.59 Å². The van der Waals surface area contributed by atoms with Crippen LogP contribution in [0.3, 0.4) is 0 Å². The summed E-state index contributed by atoms with van der Waals surface area (Å²) in [5.41, 5.74) is 4.42. The maximum atomic E-state index is 12.1. The third-order valence-electron chi connectivity index (χ3n) is 10.2. The Morgan fingerprint density at radius 2 is 1.74 bits per heavy atom. The summed E-state index contributed by atoms with van der Waals surface area (Å²) in [5, 5.41) is 0. The SMILES string of the molecule is CC(=O)O[C@@H]1CC2=CC=C3[C@@H]4CC[C@H]([C@H](C)CCC=C(C)C)[C@@]4(C)CC[C@@H]3[C@@]2(C)[C@@H](OC(C)=O)C1. The quantitative estimate of drug-likeness (QED) is 0.293. The van der Waals surface area contributed by atoms with Gasteiger partial charge in [-0.15, -0.1) is 0 Å². The fraction of sp³-hybridized carbons (Fsp3) is 0.742. The Hall–Kier alpha value is -1.84. The molecule has 0 saturated heterocycles. The van der Waals surface area contributed by atoms with Crippen molar-refractivity contribution >= 4 is 11.9 Å². The zero-order valence-corrected chi connectivity index (χ0v) is 23.0. The molecule has 0 N–H and O–H groups in total. The lowest BCUT2D eigenvalue weighted by Gasteiger charge is -2.57. The summed E-state index contributed by atoms with van der Waals surface area (Å²) in [6.45, 7) is 14.7. The van der Waals surface area contributed by atoms with Gasteiger partial charge in [-0.05, 0) is 81.5 Å². The van der Waals surface area contributed by atoms with E-state index in [1.54, 1.807) is 5.57 Å². The highest BCUT2D eigenvalue weighted by Crippen LogP contribution is 2.66. The first kappa shape index (κ1) is 26.2. The summed E-state index contributed by atoms with van der Waals surface area (Å²) in [7, 11) is 0. The molecule has 4 aliphatic carbocycles. The lowest BCUT2D eigenvalue weighted by molar-refractivity contribution is -0.165. The summed E-state index contributed by atoms with van der Waals surface area (Å²) in [6.07, 6.45) is 15.3. The first-order chi connectivity index (χ1) is 16.5. The summed E-state index contributed by atoms with van der Waals surface area (Å²) in [6, 6.07) is 0. The smallest absolute Gasteiger partial charge is 0.302 e. The van der Waals surface area contributed by atoms with Gasteiger partial charge in [0.15, 0.2) is 0 Å². The fourth-order valence-electron chi connectivity index (χ4n) is 8.51. The topological polar surface area (TPSA) is 52.6 Å². The van der Waals surface area contributed by atoms with Gasteiger partial charge in [0.25, 0.3) is 0 Å². The summed E-state index contributed by atoms with van der Waals surface area (Å²) >= 11 is 0. The van der Waals surface area contributed by atoms with Gasteiger partial charge in [-0.2, -0.15) is 0 Å². The number of carbonyl (C=O) groups is 2. The Balaban J connectivity index is 1.61. The molecular formula is C31H46O4. The van der Waals surface area contributed by atoms with Crippen LogP contribution in [0.15, 0.2) is 34.9 Å². The maximum absolute atomic E-state index is 12.1. The highest BCUT2D eigenvalue weighted by molar-refractivity contribution is 5.67. The van der Waals surface area contributed by atoms with Crippen LogP contribution in [0.4, 0.5) is 0 Å². The van der Waals surface area contributed by atoms with E-state index in [1.165, 1.54) is 57.1 Å². The molecule has 4 rings (SSSR count). The maximum Gasteiger partial charge on any atom is 0.302 e. The molecule has 3 saturated carbocycles. The van der Waals surface area contributed by atoms with Crippen molar-refractivity contribution in [3.8, 4) is 0 Å².